The van der Waals surface area contributed by atoms with E-state index in [4.69, 9.17) is 5.73 Å². The maximum Gasteiger partial charge on any atom is 0.00960 e. The van der Waals surface area contributed by atoms with Crippen molar-refractivity contribution in [3.05, 3.63) is 35.9 Å². The molecule has 1 fully saturated rings. The molecule has 2 atom stereocenters. The van der Waals surface area contributed by atoms with Crippen LogP contribution in [0.25, 0.3) is 0 Å². The maximum absolute atomic E-state index is 6.00. The van der Waals surface area contributed by atoms with Crippen LogP contribution in [0.5, 0.6) is 0 Å². The normalized spacial score (nSPS) is 29.6. The highest BCUT2D eigenvalue weighted by atomic mass is 14.8. The number of rotatable bonds is 2. The Kier molecular flexibility index (Phi) is 2.36. The molecule has 2 rings (SSSR count). The number of hydrogen-bond donors (Lipinski definition) is 1. The standard InChI is InChI=1S/C13H19N/c1-13(2)11(9-12(13)14)8-10-6-4-3-5-7-10/h3-7,11-12H,8-9,14H2,1-2H3. The minimum Gasteiger partial charge on any atom is -0.327 e. The summed E-state index contributed by atoms with van der Waals surface area (Å²) in [5, 5.41) is 0. The van der Waals surface area contributed by atoms with E-state index in [2.05, 4.69) is 44.2 Å². The van der Waals surface area contributed by atoms with Gasteiger partial charge in [-0.15, -0.1) is 0 Å². The van der Waals surface area contributed by atoms with E-state index in [-0.39, 0.29) is 0 Å². The lowest BCUT2D eigenvalue weighted by molar-refractivity contribution is 0.0383. The molecule has 1 heteroatoms. The lowest BCUT2D eigenvalue weighted by atomic mass is 9.57. The van der Waals surface area contributed by atoms with Crippen molar-refractivity contribution in [1.82, 2.24) is 0 Å². The number of benzene rings is 1. The summed E-state index contributed by atoms with van der Waals surface area (Å²) in [5.74, 6) is 0.764. The molecule has 0 aliphatic heterocycles. The van der Waals surface area contributed by atoms with Crippen LogP contribution in [0.15, 0.2) is 30.3 Å². The zero-order valence-corrected chi connectivity index (χ0v) is 9.03. The molecule has 0 saturated heterocycles. The van der Waals surface area contributed by atoms with Gasteiger partial charge in [0, 0.05) is 6.04 Å². The average Bonchev–Trinajstić information content (AvgIpc) is 2.19. The van der Waals surface area contributed by atoms with Crippen molar-refractivity contribution in [1.29, 1.82) is 0 Å². The topological polar surface area (TPSA) is 26.0 Å². The van der Waals surface area contributed by atoms with E-state index in [1.165, 1.54) is 18.4 Å². The molecule has 0 heterocycles. The van der Waals surface area contributed by atoms with Gasteiger partial charge < -0.3 is 5.73 Å². The van der Waals surface area contributed by atoms with Crippen LogP contribution in [0, 0.1) is 11.3 Å². The van der Waals surface area contributed by atoms with E-state index in [0.717, 1.165) is 5.92 Å². The van der Waals surface area contributed by atoms with Gasteiger partial charge in [0.15, 0.2) is 0 Å². The molecule has 2 unspecified atom stereocenters. The summed E-state index contributed by atoms with van der Waals surface area (Å²) in [6, 6.07) is 11.1. The minimum atomic E-state index is 0.329. The van der Waals surface area contributed by atoms with Crippen LogP contribution >= 0.6 is 0 Å². The van der Waals surface area contributed by atoms with E-state index in [0.29, 0.717) is 11.5 Å². The monoisotopic (exact) mass is 189 g/mol. The van der Waals surface area contributed by atoms with Gasteiger partial charge in [-0.25, -0.2) is 0 Å². The highest BCUT2D eigenvalue weighted by Crippen LogP contribution is 2.46. The third kappa shape index (κ3) is 1.57. The largest absolute Gasteiger partial charge is 0.327 e. The summed E-state index contributed by atoms with van der Waals surface area (Å²) in [5.41, 5.74) is 7.77. The van der Waals surface area contributed by atoms with Crippen LogP contribution in [0.2, 0.25) is 0 Å². The Morgan fingerprint density at radius 2 is 1.93 bits per heavy atom. The molecule has 14 heavy (non-hydrogen) atoms. The molecule has 1 aromatic rings. The molecule has 0 spiro atoms. The van der Waals surface area contributed by atoms with Gasteiger partial charge >= 0.3 is 0 Å². The van der Waals surface area contributed by atoms with E-state index >= 15 is 0 Å². The SMILES string of the molecule is CC1(C)C(N)CC1Cc1ccccc1. The summed E-state index contributed by atoms with van der Waals surface area (Å²) >= 11 is 0. The Morgan fingerprint density at radius 3 is 2.43 bits per heavy atom. The van der Waals surface area contributed by atoms with Crippen molar-refractivity contribution in [3.8, 4) is 0 Å². The summed E-state index contributed by atoms with van der Waals surface area (Å²) in [7, 11) is 0. The quantitative estimate of drug-likeness (QED) is 0.760. The molecule has 2 N–H and O–H groups in total. The van der Waals surface area contributed by atoms with Crippen LogP contribution in [0.4, 0.5) is 0 Å². The summed E-state index contributed by atoms with van der Waals surface area (Å²) in [4.78, 5) is 0. The molecule has 1 aromatic carbocycles. The number of nitrogens with two attached hydrogens (primary N) is 1. The second kappa shape index (κ2) is 3.39. The predicted octanol–water partition coefficient (Wildman–Crippen LogP) is 2.60. The van der Waals surface area contributed by atoms with Crippen LogP contribution < -0.4 is 5.73 Å². The Hall–Kier alpha value is -0.820. The highest BCUT2D eigenvalue weighted by molar-refractivity contribution is 5.17. The molecule has 0 radical (unpaired) electrons. The zero-order chi connectivity index (χ0) is 10.2. The van der Waals surface area contributed by atoms with Gasteiger partial charge in [0.05, 0.1) is 0 Å². The summed E-state index contributed by atoms with van der Waals surface area (Å²) < 4.78 is 0. The molecular formula is C13H19N. The van der Waals surface area contributed by atoms with E-state index < -0.39 is 0 Å². The molecule has 1 saturated carbocycles. The van der Waals surface area contributed by atoms with E-state index in [9.17, 15) is 0 Å². The fourth-order valence-corrected chi connectivity index (χ4v) is 2.30. The van der Waals surface area contributed by atoms with Crippen LogP contribution in [0.3, 0.4) is 0 Å². The smallest absolute Gasteiger partial charge is 0.00960 e. The molecule has 76 valence electrons. The van der Waals surface area contributed by atoms with Gasteiger partial charge in [0.25, 0.3) is 0 Å². The van der Waals surface area contributed by atoms with E-state index in [1.54, 1.807) is 0 Å². The minimum absolute atomic E-state index is 0.329. The first-order chi connectivity index (χ1) is 6.60. The van der Waals surface area contributed by atoms with Gasteiger partial charge in [-0.1, -0.05) is 44.2 Å². The van der Waals surface area contributed by atoms with Crippen molar-refractivity contribution in [2.45, 2.75) is 32.7 Å². The molecule has 1 aliphatic carbocycles. The third-order valence-electron chi connectivity index (χ3n) is 3.87. The summed E-state index contributed by atoms with van der Waals surface area (Å²) in [6.45, 7) is 4.57. The highest BCUT2D eigenvalue weighted by Gasteiger charge is 2.45. The lowest BCUT2D eigenvalue weighted by Crippen LogP contribution is -2.55. The van der Waals surface area contributed by atoms with Crippen molar-refractivity contribution >= 4 is 0 Å². The first kappa shape index (κ1) is 9.72. The first-order valence-corrected chi connectivity index (χ1v) is 5.40. The lowest BCUT2D eigenvalue weighted by Gasteiger charge is -2.50. The molecule has 1 nitrogen and oxygen atoms in total. The van der Waals surface area contributed by atoms with Crippen LogP contribution in [0.1, 0.15) is 25.8 Å². The maximum atomic E-state index is 6.00. The molecule has 0 amide bonds. The van der Waals surface area contributed by atoms with Crippen molar-refractivity contribution in [3.63, 3.8) is 0 Å². The Balaban J connectivity index is 2.01. The van der Waals surface area contributed by atoms with E-state index in [1.807, 2.05) is 0 Å². The van der Waals surface area contributed by atoms with Gasteiger partial charge in [-0.2, -0.15) is 0 Å². The Bertz CT molecular complexity index is 302. The fourth-order valence-electron chi connectivity index (χ4n) is 2.30. The van der Waals surface area contributed by atoms with Crippen molar-refractivity contribution < 1.29 is 0 Å². The van der Waals surface area contributed by atoms with Crippen LogP contribution in [-0.2, 0) is 6.42 Å². The zero-order valence-electron chi connectivity index (χ0n) is 9.03. The summed E-state index contributed by atoms with van der Waals surface area (Å²) in [6.07, 6.45) is 2.36. The van der Waals surface area contributed by atoms with Gasteiger partial charge in [-0.05, 0) is 29.7 Å². The van der Waals surface area contributed by atoms with Gasteiger partial charge in [0.1, 0.15) is 0 Å². The molecule has 0 aromatic heterocycles. The first-order valence-electron chi connectivity index (χ1n) is 5.40. The Labute approximate surface area is 86.3 Å². The third-order valence-corrected chi connectivity index (χ3v) is 3.87. The number of hydrogen-bond acceptors (Lipinski definition) is 1. The van der Waals surface area contributed by atoms with Gasteiger partial charge in [-0.3, -0.25) is 0 Å². The predicted molar refractivity (Wildman–Crippen MR) is 60.0 cm³/mol. The Morgan fingerprint density at radius 1 is 1.29 bits per heavy atom. The van der Waals surface area contributed by atoms with Crippen LogP contribution in [-0.4, -0.2) is 6.04 Å². The molecular weight excluding hydrogens is 170 g/mol. The van der Waals surface area contributed by atoms with Crippen molar-refractivity contribution in [2.24, 2.45) is 17.1 Å². The van der Waals surface area contributed by atoms with Gasteiger partial charge in [0.2, 0.25) is 0 Å². The fraction of sp³-hybridized carbons (Fsp3) is 0.538. The average molecular weight is 189 g/mol. The molecule has 1 aliphatic rings. The second-order valence-electron chi connectivity index (χ2n) is 5.05. The second-order valence-corrected chi connectivity index (χ2v) is 5.05. The molecule has 0 bridgehead atoms. The van der Waals surface area contributed by atoms with Crippen molar-refractivity contribution in [2.75, 3.05) is 0 Å².